The number of phenols is 1. The molecule has 30 heavy (non-hydrogen) atoms. The number of phenolic OH excluding ortho intramolecular Hbond substituents is 1. The fourth-order valence-electron chi connectivity index (χ4n) is 3.95. The monoisotopic (exact) mass is 422 g/mol. The lowest BCUT2D eigenvalue weighted by molar-refractivity contribution is -0.0461. The summed E-state index contributed by atoms with van der Waals surface area (Å²) in [6.07, 6.45) is 0. The highest BCUT2D eigenvalue weighted by molar-refractivity contribution is 7.99. The molecule has 3 heterocycles. The number of nitrogens with two attached hydrogens (primary N) is 1. The molecule has 156 valence electrons. The zero-order valence-corrected chi connectivity index (χ0v) is 17.8. The first-order valence-electron chi connectivity index (χ1n) is 10.2. The average Bonchev–Trinajstić information content (AvgIpc) is 2.92. The molecular formula is C23H26N4O2S. The number of fused-ring (bicyclic) bond motifs is 2. The number of pyridine rings is 1. The van der Waals surface area contributed by atoms with Gasteiger partial charge in [-0.2, -0.15) is 0 Å². The van der Waals surface area contributed by atoms with E-state index in [1.165, 1.54) is 10.5 Å². The molecule has 0 unspecified atom stereocenters. The Labute approximate surface area is 180 Å². The third-order valence-electron chi connectivity index (χ3n) is 5.71. The van der Waals surface area contributed by atoms with Crippen LogP contribution in [0.25, 0.3) is 10.9 Å². The molecule has 2 aromatic carbocycles. The zero-order valence-electron chi connectivity index (χ0n) is 17.0. The van der Waals surface area contributed by atoms with Crippen molar-refractivity contribution in [1.82, 2.24) is 4.98 Å². The van der Waals surface area contributed by atoms with Gasteiger partial charge in [0, 0.05) is 47.4 Å². The number of aromatic nitrogens is 1. The summed E-state index contributed by atoms with van der Waals surface area (Å²) in [6.45, 7) is 5.52. The number of aryl methyl sites for hydroxylation is 1. The number of rotatable bonds is 4. The van der Waals surface area contributed by atoms with Crippen LogP contribution in [-0.4, -0.2) is 47.7 Å². The van der Waals surface area contributed by atoms with Crippen LogP contribution in [0.1, 0.15) is 11.1 Å². The third-order valence-corrected chi connectivity index (χ3v) is 6.80. The molecule has 0 spiro atoms. The number of thioether (sulfide) groups is 1. The number of benzene rings is 2. The maximum Gasteiger partial charge on any atom is 0.131 e. The maximum atomic E-state index is 9.95. The molecule has 0 radical (unpaired) electrons. The number of ether oxygens (including phenoxy) is 1. The Balaban J connectivity index is 1.51. The minimum atomic E-state index is -0.310. The third kappa shape index (κ3) is 3.80. The Bertz CT molecular complexity index is 1100. The van der Waals surface area contributed by atoms with Gasteiger partial charge in [-0.1, -0.05) is 11.6 Å². The van der Waals surface area contributed by atoms with E-state index in [0.717, 1.165) is 46.8 Å². The lowest BCUT2D eigenvalue weighted by Gasteiger charge is -2.38. The Morgan fingerprint density at radius 1 is 1.23 bits per heavy atom. The molecule has 0 bridgehead atoms. The molecule has 1 fully saturated rings. The van der Waals surface area contributed by atoms with Crippen LogP contribution in [-0.2, 0) is 11.3 Å². The van der Waals surface area contributed by atoms with Gasteiger partial charge in [-0.05, 0) is 42.8 Å². The Hall–Kier alpha value is -2.48. The summed E-state index contributed by atoms with van der Waals surface area (Å²) in [4.78, 5) is 8.48. The van der Waals surface area contributed by atoms with Gasteiger partial charge in [0.05, 0.1) is 24.3 Å². The van der Waals surface area contributed by atoms with E-state index in [0.29, 0.717) is 25.5 Å². The summed E-state index contributed by atoms with van der Waals surface area (Å²) < 4.78 is 5.30. The fourth-order valence-corrected chi connectivity index (χ4v) is 4.95. The minimum Gasteiger partial charge on any atom is -0.508 e. The van der Waals surface area contributed by atoms with Crippen LogP contribution in [0.15, 0.2) is 47.4 Å². The van der Waals surface area contributed by atoms with Gasteiger partial charge in [-0.25, -0.2) is 4.98 Å². The SMILES string of the molecule is Cc1ccc2nc(N3CCSc4ccc(O)cc4C3)cc(NCC3(N)COC3)c2c1. The van der Waals surface area contributed by atoms with Crippen LogP contribution >= 0.6 is 11.8 Å². The molecule has 0 atom stereocenters. The predicted molar refractivity (Wildman–Crippen MR) is 123 cm³/mol. The first-order chi connectivity index (χ1) is 14.5. The van der Waals surface area contributed by atoms with Crippen molar-refractivity contribution in [1.29, 1.82) is 0 Å². The van der Waals surface area contributed by atoms with Gasteiger partial charge in [0.15, 0.2) is 0 Å². The Morgan fingerprint density at radius 3 is 2.90 bits per heavy atom. The minimum absolute atomic E-state index is 0.302. The van der Waals surface area contributed by atoms with E-state index < -0.39 is 0 Å². The molecular weight excluding hydrogens is 396 g/mol. The second-order valence-electron chi connectivity index (χ2n) is 8.32. The predicted octanol–water partition coefficient (Wildman–Crippen LogP) is 3.50. The zero-order chi connectivity index (χ0) is 20.7. The standard InChI is InChI=1S/C23H26N4O2S/c1-15-2-4-19-18(8-15)20(25-12-23(24)13-29-14-23)10-22(26-19)27-6-7-30-21-5-3-17(28)9-16(21)11-27/h2-5,8-10,28H,6-7,11-14,24H2,1H3,(H,25,26). The number of anilines is 2. The fraction of sp³-hybridized carbons (Fsp3) is 0.348. The highest BCUT2D eigenvalue weighted by atomic mass is 32.2. The molecule has 0 saturated carbocycles. The van der Waals surface area contributed by atoms with E-state index in [1.54, 1.807) is 6.07 Å². The lowest BCUT2D eigenvalue weighted by Crippen LogP contribution is -2.61. The van der Waals surface area contributed by atoms with Crippen molar-refractivity contribution in [3.8, 4) is 5.75 Å². The van der Waals surface area contributed by atoms with Crippen LogP contribution in [0.2, 0.25) is 0 Å². The van der Waals surface area contributed by atoms with Crippen molar-refractivity contribution in [3.05, 3.63) is 53.6 Å². The first kappa shape index (κ1) is 19.5. The van der Waals surface area contributed by atoms with E-state index in [4.69, 9.17) is 15.5 Å². The van der Waals surface area contributed by atoms with Crippen LogP contribution in [0, 0.1) is 6.92 Å². The summed E-state index contributed by atoms with van der Waals surface area (Å²) in [7, 11) is 0. The van der Waals surface area contributed by atoms with Crippen LogP contribution in [0.4, 0.5) is 11.5 Å². The summed E-state index contributed by atoms with van der Waals surface area (Å²) in [5.74, 6) is 2.20. The molecule has 0 aliphatic carbocycles. The normalized spacial score (nSPS) is 17.9. The molecule has 1 aromatic heterocycles. The molecule has 5 rings (SSSR count). The summed E-state index contributed by atoms with van der Waals surface area (Å²) in [5.41, 5.74) is 10.4. The Kier molecular flexibility index (Phi) is 4.97. The van der Waals surface area contributed by atoms with Crippen LogP contribution < -0.4 is 16.0 Å². The van der Waals surface area contributed by atoms with Gasteiger partial charge in [-0.15, -0.1) is 11.8 Å². The van der Waals surface area contributed by atoms with Crippen molar-refractivity contribution in [3.63, 3.8) is 0 Å². The first-order valence-corrected chi connectivity index (χ1v) is 11.2. The van der Waals surface area contributed by atoms with Crippen LogP contribution in [0.5, 0.6) is 5.75 Å². The second-order valence-corrected chi connectivity index (χ2v) is 9.46. The van der Waals surface area contributed by atoms with Crippen molar-refractivity contribution >= 4 is 34.2 Å². The molecule has 7 heteroatoms. The van der Waals surface area contributed by atoms with Crippen molar-refractivity contribution < 1.29 is 9.84 Å². The number of hydrogen-bond donors (Lipinski definition) is 3. The summed E-state index contributed by atoms with van der Waals surface area (Å²) in [5, 5.41) is 14.6. The molecule has 3 aromatic rings. The Morgan fingerprint density at radius 2 is 2.10 bits per heavy atom. The number of aromatic hydroxyl groups is 1. The van der Waals surface area contributed by atoms with E-state index in [1.807, 2.05) is 23.9 Å². The smallest absolute Gasteiger partial charge is 0.131 e. The van der Waals surface area contributed by atoms with Gasteiger partial charge in [0.1, 0.15) is 11.6 Å². The number of hydrogen-bond acceptors (Lipinski definition) is 7. The van der Waals surface area contributed by atoms with E-state index in [2.05, 4.69) is 41.4 Å². The number of nitrogens with one attached hydrogen (secondary N) is 1. The van der Waals surface area contributed by atoms with Crippen LogP contribution in [0.3, 0.4) is 0 Å². The van der Waals surface area contributed by atoms with Gasteiger partial charge in [-0.3, -0.25) is 0 Å². The van der Waals surface area contributed by atoms with Gasteiger partial charge in [0.2, 0.25) is 0 Å². The van der Waals surface area contributed by atoms with Crippen molar-refractivity contribution in [2.45, 2.75) is 23.9 Å². The van der Waals surface area contributed by atoms with Crippen molar-refractivity contribution in [2.24, 2.45) is 5.73 Å². The molecule has 0 amide bonds. The van der Waals surface area contributed by atoms with E-state index in [-0.39, 0.29) is 5.54 Å². The van der Waals surface area contributed by atoms with Gasteiger partial charge < -0.3 is 25.8 Å². The number of nitrogens with zero attached hydrogens (tertiary/aromatic N) is 2. The lowest BCUT2D eigenvalue weighted by atomic mass is 9.99. The summed E-state index contributed by atoms with van der Waals surface area (Å²) in [6, 6.07) is 14.1. The maximum absolute atomic E-state index is 9.95. The van der Waals surface area contributed by atoms with E-state index in [9.17, 15) is 5.11 Å². The quantitative estimate of drug-likeness (QED) is 0.593. The van der Waals surface area contributed by atoms with E-state index >= 15 is 0 Å². The molecule has 4 N–H and O–H groups in total. The summed E-state index contributed by atoms with van der Waals surface area (Å²) >= 11 is 1.82. The second kappa shape index (κ2) is 7.65. The average molecular weight is 423 g/mol. The molecule has 6 nitrogen and oxygen atoms in total. The molecule has 2 aliphatic heterocycles. The molecule has 2 aliphatic rings. The largest absolute Gasteiger partial charge is 0.508 e. The molecule has 1 saturated heterocycles. The highest BCUT2D eigenvalue weighted by Gasteiger charge is 2.34. The van der Waals surface area contributed by atoms with Gasteiger partial charge >= 0.3 is 0 Å². The topological polar surface area (TPSA) is 83.6 Å². The van der Waals surface area contributed by atoms with Crippen molar-refractivity contribution in [2.75, 3.05) is 42.3 Å². The highest BCUT2D eigenvalue weighted by Crippen LogP contribution is 2.34. The van der Waals surface area contributed by atoms with Gasteiger partial charge in [0.25, 0.3) is 0 Å².